The first kappa shape index (κ1) is 14.7. The van der Waals surface area contributed by atoms with Gasteiger partial charge in [-0.15, -0.1) is 0 Å². The molecule has 100 valence electrons. The summed E-state index contributed by atoms with van der Waals surface area (Å²) in [6.45, 7) is 3.09. The van der Waals surface area contributed by atoms with Gasteiger partial charge in [-0.25, -0.2) is 4.98 Å². The van der Waals surface area contributed by atoms with E-state index in [9.17, 15) is 15.0 Å². The summed E-state index contributed by atoms with van der Waals surface area (Å²) in [5, 5.41) is 19.7. The molecule has 1 rings (SSSR count). The molecule has 7 heteroatoms. The Morgan fingerprint density at radius 2 is 2.11 bits per heavy atom. The highest BCUT2D eigenvalue weighted by atomic mass is 32.2. The molecule has 2 atom stereocenters. The minimum Gasteiger partial charge on any atom is -0.396 e. The van der Waals surface area contributed by atoms with Crippen molar-refractivity contribution in [3.8, 4) is 0 Å². The fraction of sp³-hybridized carbons (Fsp3) is 0.455. The molecule has 1 aromatic heterocycles. The largest absolute Gasteiger partial charge is 0.396 e. The second kappa shape index (κ2) is 6.03. The maximum absolute atomic E-state index is 10.8. The van der Waals surface area contributed by atoms with E-state index in [2.05, 4.69) is 4.98 Å². The molecule has 6 N–H and O–H groups in total. The molecule has 0 spiro atoms. The van der Waals surface area contributed by atoms with Gasteiger partial charge in [-0.2, -0.15) is 0 Å². The molecular weight excluding hydrogens is 254 g/mol. The number of rotatable bonds is 4. The second-order valence-corrected chi connectivity index (χ2v) is 5.15. The first-order valence-electron chi connectivity index (χ1n) is 5.34. The summed E-state index contributed by atoms with van der Waals surface area (Å²) in [5.41, 5.74) is 12.5. The van der Waals surface area contributed by atoms with Gasteiger partial charge < -0.3 is 21.7 Å². The van der Waals surface area contributed by atoms with E-state index in [1.54, 1.807) is 6.92 Å². The van der Waals surface area contributed by atoms with E-state index in [1.165, 1.54) is 13.1 Å². The van der Waals surface area contributed by atoms with Crippen molar-refractivity contribution in [2.45, 2.75) is 26.1 Å². The molecule has 0 aromatic carbocycles. The minimum absolute atomic E-state index is 0.111. The van der Waals surface area contributed by atoms with Crippen LogP contribution in [-0.2, 0) is 4.79 Å². The lowest BCUT2D eigenvalue weighted by atomic mass is 10.0. The molecule has 18 heavy (non-hydrogen) atoms. The van der Waals surface area contributed by atoms with Crippen molar-refractivity contribution in [1.82, 2.24) is 4.98 Å². The number of nitrogens with two attached hydrogens (primary N) is 2. The van der Waals surface area contributed by atoms with Crippen molar-refractivity contribution in [1.29, 1.82) is 0 Å². The molecule has 0 saturated carbocycles. The maximum Gasteiger partial charge on any atom is 0.185 e. The van der Waals surface area contributed by atoms with Crippen LogP contribution >= 0.6 is 11.8 Å². The normalized spacial score (nSPS) is 14.2. The fourth-order valence-electron chi connectivity index (χ4n) is 1.45. The Kier molecular flexibility index (Phi) is 4.94. The number of hydrogen-bond donors (Lipinski definition) is 4. The Balaban J connectivity index is 2.86. The van der Waals surface area contributed by atoms with Crippen molar-refractivity contribution >= 4 is 28.4 Å². The lowest BCUT2D eigenvalue weighted by Crippen LogP contribution is -2.23. The molecule has 0 aliphatic rings. The number of anilines is 2. The second-order valence-electron chi connectivity index (χ2n) is 3.95. The van der Waals surface area contributed by atoms with E-state index in [4.69, 9.17) is 11.5 Å². The monoisotopic (exact) mass is 271 g/mol. The number of nitrogen functional groups attached to an aromatic ring is 2. The number of pyridine rings is 1. The number of nitrogens with zero attached hydrogens (tertiary/aromatic N) is 1. The molecule has 1 aromatic rings. The van der Waals surface area contributed by atoms with Gasteiger partial charge in [0.1, 0.15) is 11.9 Å². The third-order valence-corrected chi connectivity index (χ3v) is 3.51. The molecule has 1 heterocycles. The molecule has 0 amide bonds. The Morgan fingerprint density at radius 1 is 1.50 bits per heavy atom. The standard InChI is InChI=1S/C11H17N3O3S/c1-5-7(3-14-11(13)9(5)12)10(17)8(16)4-18-6(2)15/h3,8,10,16-17H,4,12H2,1-2H3,(H2,13,14). The summed E-state index contributed by atoms with van der Waals surface area (Å²) in [6, 6.07) is 0. The van der Waals surface area contributed by atoms with Crippen LogP contribution in [0.5, 0.6) is 0 Å². The van der Waals surface area contributed by atoms with Gasteiger partial charge in [0, 0.05) is 24.4 Å². The zero-order chi connectivity index (χ0) is 13.9. The SMILES string of the molecule is CC(=O)SCC(O)C(O)c1cnc(N)c(N)c1C. The number of aliphatic hydroxyl groups is 2. The third kappa shape index (κ3) is 3.34. The zero-order valence-electron chi connectivity index (χ0n) is 10.3. The van der Waals surface area contributed by atoms with Crippen molar-refractivity contribution in [2.24, 2.45) is 0 Å². The van der Waals surface area contributed by atoms with Gasteiger partial charge in [-0.05, 0) is 12.5 Å². The van der Waals surface area contributed by atoms with Crippen molar-refractivity contribution in [2.75, 3.05) is 17.2 Å². The van der Waals surface area contributed by atoms with Crippen molar-refractivity contribution in [3.05, 3.63) is 17.3 Å². The predicted octanol–water partition coefficient (Wildman–Crippen LogP) is 0.228. The van der Waals surface area contributed by atoms with Crippen LogP contribution in [0.25, 0.3) is 0 Å². The summed E-state index contributed by atoms with van der Waals surface area (Å²) in [4.78, 5) is 14.6. The molecular formula is C11H17N3O3S. The van der Waals surface area contributed by atoms with E-state index >= 15 is 0 Å². The molecule has 0 fully saturated rings. The van der Waals surface area contributed by atoms with Gasteiger partial charge in [0.05, 0.1) is 11.8 Å². The third-order valence-electron chi connectivity index (χ3n) is 2.60. The number of aromatic nitrogens is 1. The van der Waals surface area contributed by atoms with Gasteiger partial charge in [0.2, 0.25) is 0 Å². The lowest BCUT2D eigenvalue weighted by Gasteiger charge is -2.20. The maximum atomic E-state index is 10.8. The summed E-state index contributed by atoms with van der Waals surface area (Å²) in [6.07, 6.45) is -0.831. The lowest BCUT2D eigenvalue weighted by molar-refractivity contribution is -0.109. The van der Waals surface area contributed by atoms with Crippen LogP contribution in [0.15, 0.2) is 6.20 Å². The topological polar surface area (TPSA) is 122 Å². The summed E-state index contributed by atoms with van der Waals surface area (Å²) >= 11 is 0.950. The van der Waals surface area contributed by atoms with Crippen LogP contribution in [0.2, 0.25) is 0 Å². The van der Waals surface area contributed by atoms with Crippen LogP contribution < -0.4 is 11.5 Å². The Morgan fingerprint density at radius 3 is 2.67 bits per heavy atom. The molecule has 0 saturated heterocycles. The van der Waals surface area contributed by atoms with E-state index in [0.717, 1.165) is 11.8 Å². The van der Waals surface area contributed by atoms with E-state index in [1.807, 2.05) is 0 Å². The summed E-state index contributed by atoms with van der Waals surface area (Å²) < 4.78 is 0. The van der Waals surface area contributed by atoms with E-state index < -0.39 is 12.2 Å². The van der Waals surface area contributed by atoms with Gasteiger partial charge in [0.25, 0.3) is 0 Å². The van der Waals surface area contributed by atoms with Crippen LogP contribution in [0.1, 0.15) is 24.2 Å². The quantitative estimate of drug-likeness (QED) is 0.618. The molecule has 0 aliphatic carbocycles. The average Bonchev–Trinajstić information content (AvgIpc) is 2.32. The van der Waals surface area contributed by atoms with Crippen LogP contribution in [0.4, 0.5) is 11.5 Å². The average molecular weight is 271 g/mol. The zero-order valence-corrected chi connectivity index (χ0v) is 11.1. The number of aliphatic hydroxyl groups excluding tert-OH is 2. The summed E-state index contributed by atoms with van der Waals surface area (Å²) in [5.74, 6) is 0.302. The molecule has 2 unspecified atom stereocenters. The molecule has 6 nitrogen and oxygen atoms in total. The Bertz CT molecular complexity index is 453. The fourth-order valence-corrected chi connectivity index (χ4v) is 2.04. The first-order valence-corrected chi connectivity index (χ1v) is 6.33. The molecule has 0 bridgehead atoms. The number of hydrogen-bond acceptors (Lipinski definition) is 7. The van der Waals surface area contributed by atoms with E-state index in [-0.39, 0.29) is 22.4 Å². The number of carbonyl (C=O) groups excluding carboxylic acids is 1. The highest BCUT2D eigenvalue weighted by molar-refractivity contribution is 8.13. The minimum atomic E-state index is -1.15. The van der Waals surface area contributed by atoms with Gasteiger partial charge in [0.15, 0.2) is 5.12 Å². The van der Waals surface area contributed by atoms with Crippen molar-refractivity contribution < 1.29 is 15.0 Å². The van der Waals surface area contributed by atoms with Crippen LogP contribution in [-0.4, -0.2) is 32.2 Å². The molecule has 0 aliphatic heterocycles. The number of carbonyl (C=O) groups is 1. The highest BCUT2D eigenvalue weighted by Crippen LogP contribution is 2.28. The van der Waals surface area contributed by atoms with Gasteiger partial charge in [-0.1, -0.05) is 11.8 Å². The van der Waals surface area contributed by atoms with Crippen LogP contribution in [0.3, 0.4) is 0 Å². The summed E-state index contributed by atoms with van der Waals surface area (Å²) in [7, 11) is 0. The number of thioether (sulfide) groups is 1. The Hall–Kier alpha value is -1.31. The first-order chi connectivity index (χ1) is 8.34. The van der Waals surface area contributed by atoms with Gasteiger partial charge >= 0.3 is 0 Å². The highest BCUT2D eigenvalue weighted by Gasteiger charge is 2.22. The molecule has 0 radical (unpaired) electrons. The predicted molar refractivity (Wildman–Crippen MR) is 71.9 cm³/mol. The van der Waals surface area contributed by atoms with Crippen molar-refractivity contribution in [3.63, 3.8) is 0 Å². The Labute approximate surface area is 109 Å². The van der Waals surface area contributed by atoms with Gasteiger partial charge in [-0.3, -0.25) is 4.79 Å². The van der Waals surface area contributed by atoms with Crippen LogP contribution in [0, 0.1) is 6.92 Å². The van der Waals surface area contributed by atoms with E-state index in [0.29, 0.717) is 11.1 Å². The smallest absolute Gasteiger partial charge is 0.185 e.